The molecule has 1 aliphatic carbocycles. The minimum Gasteiger partial charge on any atom is -0.326 e. The highest BCUT2D eigenvalue weighted by molar-refractivity contribution is 4.86. The summed E-state index contributed by atoms with van der Waals surface area (Å²) in [6, 6.07) is 1.73. The zero-order valence-corrected chi connectivity index (χ0v) is 12.1. The number of unbranched alkanes of at least 4 members (excludes halogenated alkanes) is 1. The van der Waals surface area contributed by atoms with Crippen LogP contribution in [0.3, 0.4) is 0 Å². The van der Waals surface area contributed by atoms with E-state index in [4.69, 9.17) is 5.73 Å². The van der Waals surface area contributed by atoms with Crippen molar-refractivity contribution in [1.82, 2.24) is 4.90 Å². The van der Waals surface area contributed by atoms with Crippen molar-refractivity contribution in [1.29, 1.82) is 0 Å². The molecule has 0 heterocycles. The van der Waals surface area contributed by atoms with Crippen LogP contribution in [0.25, 0.3) is 0 Å². The fourth-order valence-electron chi connectivity index (χ4n) is 3.02. The topological polar surface area (TPSA) is 29.3 Å². The van der Waals surface area contributed by atoms with Gasteiger partial charge < -0.3 is 5.73 Å². The second kappa shape index (κ2) is 8.10. The summed E-state index contributed by atoms with van der Waals surface area (Å²) in [5.41, 5.74) is 6.40. The van der Waals surface area contributed by atoms with E-state index in [2.05, 4.69) is 25.7 Å². The molecule has 0 spiro atoms. The predicted octanol–water partition coefficient (Wildman–Crippen LogP) is 3.55. The molecule has 1 rings (SSSR count). The first-order valence-electron chi connectivity index (χ1n) is 7.72. The molecular weight excluding hydrogens is 208 g/mol. The Morgan fingerprint density at radius 1 is 1.18 bits per heavy atom. The standard InChI is InChI=1S/C15H32N2/c1-4-6-12-17(13(3)5-2)15-11-9-7-8-10-14(15)16/h13-15H,4-12,16H2,1-3H3. The van der Waals surface area contributed by atoms with Gasteiger partial charge in [-0.3, -0.25) is 4.90 Å². The number of nitrogens with zero attached hydrogens (tertiary/aromatic N) is 1. The molecule has 2 heteroatoms. The van der Waals surface area contributed by atoms with Gasteiger partial charge in [-0.05, 0) is 39.2 Å². The maximum absolute atomic E-state index is 6.40. The van der Waals surface area contributed by atoms with Crippen LogP contribution in [0.4, 0.5) is 0 Å². The van der Waals surface area contributed by atoms with Crippen molar-refractivity contribution in [3.05, 3.63) is 0 Å². The number of nitrogens with two attached hydrogens (primary N) is 1. The van der Waals surface area contributed by atoms with Crippen molar-refractivity contribution in [2.24, 2.45) is 5.73 Å². The lowest BCUT2D eigenvalue weighted by Gasteiger charge is -2.38. The summed E-state index contributed by atoms with van der Waals surface area (Å²) in [6.45, 7) is 8.19. The second-order valence-electron chi connectivity index (χ2n) is 5.72. The smallest absolute Gasteiger partial charge is 0.0250 e. The normalized spacial score (nSPS) is 28.1. The lowest BCUT2D eigenvalue weighted by molar-refractivity contribution is 0.112. The van der Waals surface area contributed by atoms with Crippen LogP contribution in [-0.2, 0) is 0 Å². The molecule has 2 N–H and O–H groups in total. The summed E-state index contributed by atoms with van der Waals surface area (Å²) in [5, 5.41) is 0. The third kappa shape index (κ3) is 4.59. The fourth-order valence-corrected chi connectivity index (χ4v) is 3.02. The predicted molar refractivity (Wildman–Crippen MR) is 76.2 cm³/mol. The number of hydrogen-bond acceptors (Lipinski definition) is 2. The highest BCUT2D eigenvalue weighted by Crippen LogP contribution is 2.24. The van der Waals surface area contributed by atoms with Crippen LogP contribution in [0.15, 0.2) is 0 Å². The summed E-state index contributed by atoms with van der Waals surface area (Å²) in [7, 11) is 0. The van der Waals surface area contributed by atoms with E-state index in [-0.39, 0.29) is 0 Å². The van der Waals surface area contributed by atoms with Crippen molar-refractivity contribution in [2.45, 2.75) is 90.3 Å². The third-order valence-corrected chi connectivity index (χ3v) is 4.38. The van der Waals surface area contributed by atoms with E-state index >= 15 is 0 Å². The molecule has 0 aromatic carbocycles. The largest absolute Gasteiger partial charge is 0.326 e. The van der Waals surface area contributed by atoms with Crippen molar-refractivity contribution in [2.75, 3.05) is 6.54 Å². The Morgan fingerprint density at radius 2 is 1.88 bits per heavy atom. The molecule has 1 saturated carbocycles. The summed E-state index contributed by atoms with van der Waals surface area (Å²) >= 11 is 0. The highest BCUT2D eigenvalue weighted by Gasteiger charge is 2.28. The van der Waals surface area contributed by atoms with Gasteiger partial charge in [0, 0.05) is 18.1 Å². The van der Waals surface area contributed by atoms with E-state index in [1.54, 1.807) is 0 Å². The third-order valence-electron chi connectivity index (χ3n) is 4.38. The molecule has 0 aromatic rings. The average molecular weight is 240 g/mol. The zero-order valence-electron chi connectivity index (χ0n) is 12.1. The second-order valence-corrected chi connectivity index (χ2v) is 5.72. The zero-order chi connectivity index (χ0) is 12.7. The van der Waals surface area contributed by atoms with Crippen LogP contribution in [0, 0.1) is 0 Å². The van der Waals surface area contributed by atoms with Crippen LogP contribution in [0.2, 0.25) is 0 Å². The van der Waals surface area contributed by atoms with Gasteiger partial charge in [0.25, 0.3) is 0 Å². The molecule has 2 nitrogen and oxygen atoms in total. The minimum absolute atomic E-state index is 0.406. The molecule has 1 aliphatic rings. The van der Waals surface area contributed by atoms with Gasteiger partial charge in [0.15, 0.2) is 0 Å². The molecule has 17 heavy (non-hydrogen) atoms. The first-order valence-corrected chi connectivity index (χ1v) is 7.72. The van der Waals surface area contributed by atoms with Crippen LogP contribution in [0.5, 0.6) is 0 Å². The summed E-state index contributed by atoms with van der Waals surface area (Å²) in [4.78, 5) is 2.71. The summed E-state index contributed by atoms with van der Waals surface area (Å²) in [5.74, 6) is 0. The van der Waals surface area contributed by atoms with Crippen molar-refractivity contribution in [3.8, 4) is 0 Å². The van der Waals surface area contributed by atoms with Gasteiger partial charge >= 0.3 is 0 Å². The Labute approximate surface area is 108 Å². The highest BCUT2D eigenvalue weighted by atomic mass is 15.2. The maximum atomic E-state index is 6.40. The Hall–Kier alpha value is -0.0800. The molecule has 3 unspecified atom stereocenters. The molecule has 0 aliphatic heterocycles. The van der Waals surface area contributed by atoms with E-state index in [1.165, 1.54) is 57.9 Å². The van der Waals surface area contributed by atoms with Gasteiger partial charge in [-0.25, -0.2) is 0 Å². The SMILES string of the molecule is CCCCN(C(C)CC)C1CCCCCC1N. The van der Waals surface area contributed by atoms with Gasteiger partial charge in [0.2, 0.25) is 0 Å². The van der Waals surface area contributed by atoms with E-state index < -0.39 is 0 Å². The Kier molecular flexibility index (Phi) is 7.14. The first kappa shape index (κ1) is 15.0. The van der Waals surface area contributed by atoms with Crippen LogP contribution >= 0.6 is 0 Å². The minimum atomic E-state index is 0.406. The molecule has 0 amide bonds. The fraction of sp³-hybridized carbons (Fsp3) is 1.00. The Bertz CT molecular complexity index is 193. The molecule has 0 saturated heterocycles. The van der Waals surface area contributed by atoms with Crippen LogP contribution in [-0.4, -0.2) is 29.6 Å². The van der Waals surface area contributed by atoms with E-state index in [9.17, 15) is 0 Å². The monoisotopic (exact) mass is 240 g/mol. The van der Waals surface area contributed by atoms with E-state index in [0.29, 0.717) is 18.1 Å². The lowest BCUT2D eigenvalue weighted by atomic mass is 9.99. The van der Waals surface area contributed by atoms with E-state index in [1.807, 2.05) is 0 Å². The van der Waals surface area contributed by atoms with Crippen LogP contribution < -0.4 is 5.73 Å². The van der Waals surface area contributed by atoms with Gasteiger partial charge in [0.1, 0.15) is 0 Å². The molecule has 0 bridgehead atoms. The van der Waals surface area contributed by atoms with Crippen LogP contribution in [0.1, 0.15) is 72.1 Å². The Balaban J connectivity index is 2.64. The van der Waals surface area contributed by atoms with Crippen molar-refractivity contribution in [3.63, 3.8) is 0 Å². The average Bonchev–Trinajstić information content (AvgIpc) is 2.55. The van der Waals surface area contributed by atoms with E-state index in [0.717, 1.165) is 0 Å². The Morgan fingerprint density at radius 3 is 2.53 bits per heavy atom. The molecule has 3 atom stereocenters. The number of rotatable bonds is 6. The van der Waals surface area contributed by atoms with Gasteiger partial charge in [-0.2, -0.15) is 0 Å². The molecule has 1 fully saturated rings. The quantitative estimate of drug-likeness (QED) is 0.719. The molecule has 102 valence electrons. The lowest BCUT2D eigenvalue weighted by Crippen LogP contribution is -2.51. The number of hydrogen-bond donors (Lipinski definition) is 1. The maximum Gasteiger partial charge on any atom is 0.0250 e. The summed E-state index contributed by atoms with van der Waals surface area (Å²) in [6.07, 6.45) is 10.5. The van der Waals surface area contributed by atoms with Crippen molar-refractivity contribution < 1.29 is 0 Å². The van der Waals surface area contributed by atoms with Gasteiger partial charge in [-0.1, -0.05) is 39.5 Å². The van der Waals surface area contributed by atoms with Gasteiger partial charge in [0.05, 0.1) is 0 Å². The molecular formula is C15H32N2. The summed E-state index contributed by atoms with van der Waals surface area (Å²) < 4.78 is 0. The molecule has 0 aromatic heterocycles. The molecule has 0 radical (unpaired) electrons. The van der Waals surface area contributed by atoms with Crippen molar-refractivity contribution >= 4 is 0 Å². The van der Waals surface area contributed by atoms with Gasteiger partial charge in [-0.15, -0.1) is 0 Å². The first-order chi connectivity index (χ1) is 8.20.